The van der Waals surface area contributed by atoms with Gasteiger partial charge in [0.05, 0.1) is 0 Å². The average Bonchev–Trinajstić information content (AvgIpc) is 2.72. The molecule has 3 amide bonds. The summed E-state index contributed by atoms with van der Waals surface area (Å²) in [6, 6.07) is 0. The molecule has 23 heavy (non-hydrogen) atoms. The molecule has 0 aromatic heterocycles. The number of rotatable bonds is 8. The van der Waals surface area contributed by atoms with E-state index >= 15 is 0 Å². The van der Waals surface area contributed by atoms with Gasteiger partial charge in [-0.2, -0.15) is 5.48 Å². The van der Waals surface area contributed by atoms with Crippen LogP contribution in [-0.4, -0.2) is 41.4 Å². The summed E-state index contributed by atoms with van der Waals surface area (Å²) in [5, 5.41) is 0. The van der Waals surface area contributed by atoms with Crippen molar-refractivity contribution in [2.75, 3.05) is 6.54 Å². The second-order valence-electron chi connectivity index (χ2n) is 4.55. The van der Waals surface area contributed by atoms with Crippen molar-refractivity contribution >= 4 is 61.8 Å². The van der Waals surface area contributed by atoms with Crippen LogP contribution in [0.4, 0.5) is 0 Å². The number of nitrogens with zero attached hydrogens (tertiary/aromatic N) is 1. The number of aldehydes is 1. The fourth-order valence-electron chi connectivity index (χ4n) is 1.67. The van der Waals surface area contributed by atoms with Crippen molar-refractivity contribution in [2.24, 2.45) is 0 Å². The van der Waals surface area contributed by atoms with Gasteiger partial charge in [-0.1, -0.05) is 0 Å². The molecule has 8 nitrogen and oxygen atoms in total. The Hall–Kier alpha value is -1.55. The zero-order valence-corrected chi connectivity index (χ0v) is 15.1. The van der Waals surface area contributed by atoms with Gasteiger partial charge in [0.25, 0.3) is 17.7 Å². The fraction of sp³-hybridized carbons (Fsp3) is 0.462. The third-order valence-electron chi connectivity index (χ3n) is 2.84. The van der Waals surface area contributed by atoms with Gasteiger partial charge >= 0.3 is 5.97 Å². The number of carbonyl (C=O) groups is 5. The number of hydrogen-bond donors (Lipinski definition) is 1. The first-order valence-electron chi connectivity index (χ1n) is 6.72. The molecule has 0 aromatic carbocycles. The molecule has 0 bridgehead atoms. The van der Waals surface area contributed by atoms with Gasteiger partial charge in [0.15, 0.2) is 0 Å². The van der Waals surface area contributed by atoms with Crippen LogP contribution in [0.25, 0.3) is 0 Å². The molecular weight excluding hydrogens is 440 g/mol. The molecule has 1 aliphatic rings. The minimum atomic E-state index is -0.635. The van der Waals surface area contributed by atoms with E-state index in [1.807, 2.05) is 5.48 Å². The van der Waals surface area contributed by atoms with Crippen molar-refractivity contribution in [1.29, 1.82) is 0 Å². The van der Waals surface area contributed by atoms with Crippen molar-refractivity contribution in [2.45, 2.75) is 32.1 Å². The number of hydroxylamine groups is 1. The summed E-state index contributed by atoms with van der Waals surface area (Å²) < 4.78 is 0.361. The highest BCUT2D eigenvalue weighted by Gasteiger charge is 2.35. The molecule has 0 fully saturated rings. The maximum Gasteiger partial charge on any atom is 0.332 e. The van der Waals surface area contributed by atoms with Crippen molar-refractivity contribution in [3.05, 3.63) is 8.96 Å². The molecule has 0 aromatic rings. The van der Waals surface area contributed by atoms with E-state index in [2.05, 4.69) is 36.7 Å². The molecule has 10 heteroatoms. The van der Waals surface area contributed by atoms with Crippen LogP contribution in [0.2, 0.25) is 0 Å². The van der Waals surface area contributed by atoms with Crippen molar-refractivity contribution < 1.29 is 28.8 Å². The number of unbranched alkanes of at least 4 members (excludes halogenated alkanes) is 1. The highest BCUT2D eigenvalue weighted by atomic mass is 79.9. The first-order valence-corrected chi connectivity index (χ1v) is 8.30. The third-order valence-corrected chi connectivity index (χ3v) is 4.84. The number of carbonyl (C=O) groups excluding carboxylic acids is 5. The maximum atomic E-state index is 11.7. The van der Waals surface area contributed by atoms with Crippen LogP contribution >= 0.6 is 31.9 Å². The molecule has 1 aliphatic heterocycles. The minimum absolute atomic E-state index is 0.0277. The molecule has 0 unspecified atom stereocenters. The van der Waals surface area contributed by atoms with E-state index in [9.17, 15) is 24.0 Å². The summed E-state index contributed by atoms with van der Waals surface area (Å²) in [6.07, 6.45) is 1.43. The number of halogens is 2. The minimum Gasteiger partial charge on any atom is -0.341 e. The Morgan fingerprint density at radius 2 is 1.70 bits per heavy atom. The summed E-state index contributed by atoms with van der Waals surface area (Å²) >= 11 is 6.04. The molecule has 0 saturated heterocycles. The molecule has 1 heterocycles. The van der Waals surface area contributed by atoms with Gasteiger partial charge in [0.2, 0.25) is 0 Å². The van der Waals surface area contributed by atoms with Crippen LogP contribution in [0.3, 0.4) is 0 Å². The van der Waals surface area contributed by atoms with E-state index in [-0.39, 0.29) is 34.8 Å². The molecule has 0 spiro atoms. The smallest absolute Gasteiger partial charge is 0.332 e. The largest absolute Gasteiger partial charge is 0.341 e. The Balaban J connectivity index is 2.19. The lowest BCUT2D eigenvalue weighted by atomic mass is 10.2. The Morgan fingerprint density at radius 1 is 1.09 bits per heavy atom. The number of amides is 3. The molecule has 0 atom stereocenters. The van der Waals surface area contributed by atoms with E-state index in [4.69, 9.17) is 0 Å². The van der Waals surface area contributed by atoms with Gasteiger partial charge in [-0.25, -0.2) is 4.79 Å². The Morgan fingerprint density at radius 3 is 2.26 bits per heavy atom. The number of nitrogens with one attached hydrogen (secondary N) is 1. The van der Waals surface area contributed by atoms with E-state index in [0.717, 1.165) is 4.90 Å². The lowest BCUT2D eigenvalue weighted by Crippen LogP contribution is -2.32. The lowest BCUT2D eigenvalue weighted by molar-refractivity contribution is -0.158. The second-order valence-corrected chi connectivity index (χ2v) is 6.14. The normalized spacial score (nSPS) is 14.3. The van der Waals surface area contributed by atoms with E-state index < -0.39 is 23.7 Å². The zero-order valence-electron chi connectivity index (χ0n) is 12.0. The van der Waals surface area contributed by atoms with Gasteiger partial charge < -0.3 is 9.63 Å². The Kier molecular flexibility index (Phi) is 8.10. The Labute approximate surface area is 148 Å². The van der Waals surface area contributed by atoms with E-state index in [1.54, 1.807) is 0 Å². The van der Waals surface area contributed by atoms with Crippen LogP contribution in [0.15, 0.2) is 8.96 Å². The van der Waals surface area contributed by atoms with Gasteiger partial charge in [0.1, 0.15) is 15.3 Å². The van der Waals surface area contributed by atoms with E-state index in [0.29, 0.717) is 19.1 Å². The van der Waals surface area contributed by atoms with Crippen molar-refractivity contribution in [1.82, 2.24) is 10.4 Å². The maximum absolute atomic E-state index is 11.7. The highest BCUT2D eigenvalue weighted by molar-refractivity contribution is 9.14. The molecule has 0 radical (unpaired) electrons. The standard InChI is InChI=1S/C13H14Br2N2O6/c14-10-11(15)13(22)17(12(10)21)6-2-1-5-9(20)23-16-8(19)4-3-7-18/h7H,1-6H2,(H,16,19). The predicted octanol–water partition coefficient (Wildman–Crippen LogP) is 1.08. The van der Waals surface area contributed by atoms with Gasteiger partial charge in [-0.15, -0.1) is 0 Å². The van der Waals surface area contributed by atoms with Crippen LogP contribution in [0, 0.1) is 0 Å². The van der Waals surface area contributed by atoms with E-state index in [1.165, 1.54) is 0 Å². The summed E-state index contributed by atoms with van der Waals surface area (Å²) in [5.74, 6) is -2.04. The summed E-state index contributed by atoms with van der Waals surface area (Å²) in [7, 11) is 0. The summed E-state index contributed by atoms with van der Waals surface area (Å²) in [6.45, 7) is 0.181. The quantitative estimate of drug-likeness (QED) is 0.255. The third kappa shape index (κ3) is 5.87. The SMILES string of the molecule is O=CCCC(=O)NOC(=O)CCCCN1C(=O)C(Br)=C(Br)C1=O. The van der Waals surface area contributed by atoms with Crippen LogP contribution in [0.1, 0.15) is 32.1 Å². The van der Waals surface area contributed by atoms with Crippen molar-refractivity contribution in [3.8, 4) is 0 Å². The molecule has 0 aliphatic carbocycles. The lowest BCUT2D eigenvalue weighted by Gasteiger charge is -2.13. The topological polar surface area (TPSA) is 110 Å². The van der Waals surface area contributed by atoms with Crippen LogP contribution < -0.4 is 5.48 Å². The highest BCUT2D eigenvalue weighted by Crippen LogP contribution is 2.29. The second kappa shape index (κ2) is 9.56. The molecule has 0 saturated carbocycles. The summed E-state index contributed by atoms with van der Waals surface area (Å²) in [4.78, 5) is 61.6. The van der Waals surface area contributed by atoms with Crippen LogP contribution in [0.5, 0.6) is 0 Å². The number of imide groups is 1. The zero-order chi connectivity index (χ0) is 17.4. The number of hydrogen-bond acceptors (Lipinski definition) is 6. The van der Waals surface area contributed by atoms with Crippen LogP contribution in [-0.2, 0) is 28.8 Å². The molecule has 1 rings (SSSR count). The fourth-order valence-corrected chi connectivity index (χ4v) is 2.43. The Bertz CT molecular complexity index is 537. The molecule has 1 N–H and O–H groups in total. The first kappa shape index (κ1) is 19.5. The molecular formula is C13H14Br2N2O6. The van der Waals surface area contributed by atoms with Gasteiger partial charge in [-0.3, -0.25) is 19.3 Å². The average molecular weight is 454 g/mol. The summed E-state index contributed by atoms with van der Waals surface area (Å²) in [5.41, 5.74) is 1.94. The van der Waals surface area contributed by atoms with Gasteiger partial charge in [-0.05, 0) is 44.7 Å². The first-order chi connectivity index (χ1) is 10.9. The predicted molar refractivity (Wildman–Crippen MR) is 85.0 cm³/mol. The molecule has 126 valence electrons. The van der Waals surface area contributed by atoms with Gasteiger partial charge in [0, 0.05) is 25.8 Å². The van der Waals surface area contributed by atoms with Crippen molar-refractivity contribution in [3.63, 3.8) is 0 Å². The monoisotopic (exact) mass is 452 g/mol.